The molecule has 2 aromatic carbocycles. The van der Waals surface area contributed by atoms with Gasteiger partial charge in [-0.15, -0.1) is 0 Å². The van der Waals surface area contributed by atoms with E-state index in [1.807, 2.05) is 39.8 Å². The Morgan fingerprint density at radius 1 is 1.10 bits per heavy atom. The third-order valence-corrected chi connectivity index (χ3v) is 6.54. The molecule has 0 spiro atoms. The fourth-order valence-corrected chi connectivity index (χ4v) is 4.51. The van der Waals surface area contributed by atoms with E-state index in [0.717, 1.165) is 51.9 Å². The molecule has 162 valence electrons. The Hall–Kier alpha value is -3.13. The monoisotopic (exact) mass is 419 g/mol. The first kappa shape index (κ1) is 22.6. The summed E-state index contributed by atoms with van der Waals surface area (Å²) in [6.45, 7) is 9.63. The summed E-state index contributed by atoms with van der Waals surface area (Å²) >= 11 is 0. The minimum Gasteiger partial charge on any atom is -0.382 e. The summed E-state index contributed by atoms with van der Waals surface area (Å²) in [4.78, 5) is 12.0. The third kappa shape index (κ3) is 4.64. The number of carbonyl (C=O) groups excluding carboxylic acids is 1. The van der Waals surface area contributed by atoms with Crippen LogP contribution in [0.5, 0.6) is 0 Å². The normalized spacial score (nSPS) is 14.4. The lowest BCUT2D eigenvalue weighted by Gasteiger charge is -2.21. The van der Waals surface area contributed by atoms with Crippen LogP contribution >= 0.6 is 0 Å². The van der Waals surface area contributed by atoms with Crippen molar-refractivity contribution >= 4 is 17.7 Å². The van der Waals surface area contributed by atoms with Gasteiger partial charge >= 0.3 is 0 Å². The lowest BCUT2D eigenvalue weighted by molar-refractivity contribution is -0.116. The van der Waals surface area contributed by atoms with E-state index in [0.29, 0.717) is 17.2 Å². The molecular formula is C26H30FN3O. The second-order valence-corrected chi connectivity index (χ2v) is 8.50. The van der Waals surface area contributed by atoms with Crippen LogP contribution in [0.4, 0.5) is 10.1 Å². The van der Waals surface area contributed by atoms with Crippen LogP contribution in [0, 0.1) is 45.0 Å². The number of nitrogens with one attached hydrogen (secondary N) is 2. The van der Waals surface area contributed by atoms with Gasteiger partial charge in [-0.3, -0.25) is 10.1 Å². The number of hydrogen-bond donors (Lipinski definition) is 2. The fourth-order valence-electron chi connectivity index (χ4n) is 4.51. The molecule has 2 aromatic rings. The van der Waals surface area contributed by atoms with Gasteiger partial charge in [-0.05, 0) is 105 Å². The summed E-state index contributed by atoms with van der Waals surface area (Å²) in [5.74, 6) is -0.655. The van der Waals surface area contributed by atoms with Gasteiger partial charge in [0.25, 0.3) is 5.91 Å². The molecule has 0 radical (unpaired) electrons. The number of hydrogen-bond acceptors (Lipinski definition) is 3. The number of rotatable bonds is 5. The Morgan fingerprint density at radius 2 is 1.71 bits per heavy atom. The van der Waals surface area contributed by atoms with Crippen LogP contribution in [0.25, 0.3) is 17.2 Å². The molecule has 1 aliphatic rings. The van der Waals surface area contributed by atoms with Gasteiger partial charge in [-0.2, -0.15) is 5.26 Å². The molecule has 1 fully saturated rings. The maximum Gasteiger partial charge on any atom is 0.259 e. The summed E-state index contributed by atoms with van der Waals surface area (Å²) in [7, 11) is 0. The van der Waals surface area contributed by atoms with E-state index in [4.69, 9.17) is 5.26 Å². The first-order valence-corrected chi connectivity index (χ1v) is 10.8. The van der Waals surface area contributed by atoms with Gasteiger partial charge in [0.2, 0.25) is 0 Å². The van der Waals surface area contributed by atoms with Gasteiger partial charge in [-0.1, -0.05) is 12.8 Å². The number of benzene rings is 2. The molecule has 31 heavy (non-hydrogen) atoms. The van der Waals surface area contributed by atoms with Crippen molar-refractivity contribution in [3.05, 3.63) is 57.4 Å². The van der Waals surface area contributed by atoms with Crippen LogP contribution in [-0.4, -0.2) is 11.9 Å². The fraction of sp³-hybridized carbons (Fsp3) is 0.385. The quantitative estimate of drug-likeness (QED) is 0.351. The molecule has 0 atom stereocenters. The second-order valence-electron chi connectivity index (χ2n) is 8.50. The molecule has 1 amide bonds. The molecule has 0 aliphatic heterocycles. The summed E-state index contributed by atoms with van der Waals surface area (Å²) in [5.41, 5.74) is 7.66. The molecule has 0 unspecified atom stereocenters. The Labute approximate surface area is 184 Å². The van der Waals surface area contributed by atoms with Crippen molar-refractivity contribution in [3.63, 3.8) is 0 Å². The topological polar surface area (TPSA) is 64.9 Å². The Morgan fingerprint density at radius 3 is 2.26 bits per heavy atom. The van der Waals surface area contributed by atoms with Gasteiger partial charge in [0, 0.05) is 22.9 Å². The highest BCUT2D eigenvalue weighted by Crippen LogP contribution is 2.37. The van der Waals surface area contributed by atoms with Crippen molar-refractivity contribution in [2.75, 3.05) is 5.32 Å². The molecule has 4 nitrogen and oxygen atoms in total. The van der Waals surface area contributed by atoms with Crippen LogP contribution in [-0.2, 0) is 4.79 Å². The van der Waals surface area contributed by atoms with Crippen molar-refractivity contribution in [3.8, 4) is 17.3 Å². The molecular weight excluding hydrogens is 389 g/mol. The molecule has 0 saturated heterocycles. The average molecular weight is 420 g/mol. The Kier molecular flexibility index (Phi) is 6.80. The van der Waals surface area contributed by atoms with E-state index in [9.17, 15) is 4.79 Å². The Balaban J connectivity index is 2.02. The zero-order valence-electron chi connectivity index (χ0n) is 18.9. The molecule has 0 aromatic heterocycles. The third-order valence-electron chi connectivity index (χ3n) is 6.54. The molecule has 1 saturated carbocycles. The van der Waals surface area contributed by atoms with Crippen LogP contribution in [0.3, 0.4) is 0 Å². The van der Waals surface area contributed by atoms with Crippen molar-refractivity contribution in [1.29, 1.82) is 5.26 Å². The van der Waals surface area contributed by atoms with Crippen LogP contribution in [0.2, 0.25) is 0 Å². The van der Waals surface area contributed by atoms with E-state index >= 15 is 4.39 Å². The highest BCUT2D eigenvalue weighted by Gasteiger charge is 2.20. The molecule has 1 aliphatic carbocycles. The lowest BCUT2D eigenvalue weighted by atomic mass is 9.85. The maximum absolute atomic E-state index is 15.2. The highest BCUT2D eigenvalue weighted by atomic mass is 19.1. The minimum atomic E-state index is -0.419. The predicted octanol–water partition coefficient (Wildman–Crippen LogP) is 6.08. The van der Waals surface area contributed by atoms with Gasteiger partial charge in [0.1, 0.15) is 5.82 Å². The van der Waals surface area contributed by atoms with E-state index < -0.39 is 5.91 Å². The molecule has 3 rings (SSSR count). The van der Waals surface area contributed by atoms with E-state index in [2.05, 4.69) is 10.6 Å². The summed E-state index contributed by atoms with van der Waals surface area (Å²) in [6, 6.07) is 5.86. The number of amides is 1. The van der Waals surface area contributed by atoms with Crippen molar-refractivity contribution < 1.29 is 9.18 Å². The second kappa shape index (κ2) is 9.34. The zero-order valence-corrected chi connectivity index (χ0v) is 18.9. The van der Waals surface area contributed by atoms with E-state index in [1.54, 1.807) is 25.3 Å². The molecule has 0 heterocycles. The van der Waals surface area contributed by atoms with Crippen molar-refractivity contribution in [1.82, 2.24) is 5.32 Å². The molecule has 2 N–H and O–H groups in total. The largest absolute Gasteiger partial charge is 0.382 e. The summed E-state index contributed by atoms with van der Waals surface area (Å²) < 4.78 is 15.2. The number of nitrogens with zero attached hydrogens (tertiary/aromatic N) is 1. The SMILES string of the molecule is CC(=Cc1c(C)c(C)c(-c2ccc(NC3CCCC3)cc2F)c(C)c1C)C(=O)NC#N. The minimum absolute atomic E-state index is 0.235. The van der Waals surface area contributed by atoms with Gasteiger partial charge in [0.15, 0.2) is 6.19 Å². The average Bonchev–Trinajstić information content (AvgIpc) is 3.24. The zero-order chi connectivity index (χ0) is 22.7. The smallest absolute Gasteiger partial charge is 0.259 e. The van der Waals surface area contributed by atoms with Gasteiger partial charge in [-0.25, -0.2) is 4.39 Å². The highest BCUT2D eigenvalue weighted by molar-refractivity contribution is 5.98. The molecule has 0 bridgehead atoms. The van der Waals surface area contributed by atoms with Crippen molar-refractivity contribution in [2.24, 2.45) is 0 Å². The summed E-state index contributed by atoms with van der Waals surface area (Å²) in [5, 5.41) is 14.3. The molecule has 5 heteroatoms. The van der Waals surface area contributed by atoms with Crippen LogP contribution < -0.4 is 10.6 Å². The Bertz CT molecular complexity index is 1060. The first-order chi connectivity index (χ1) is 14.7. The van der Waals surface area contributed by atoms with Crippen LogP contribution in [0.1, 0.15) is 60.4 Å². The van der Waals surface area contributed by atoms with Gasteiger partial charge in [0.05, 0.1) is 0 Å². The summed E-state index contributed by atoms with van der Waals surface area (Å²) in [6.07, 6.45) is 8.20. The van der Waals surface area contributed by atoms with Gasteiger partial charge < -0.3 is 5.32 Å². The number of nitriles is 1. The predicted molar refractivity (Wildman–Crippen MR) is 124 cm³/mol. The lowest BCUT2D eigenvalue weighted by Crippen LogP contribution is -2.18. The maximum atomic E-state index is 15.2. The standard InChI is InChI=1S/C26H30FN3O/c1-15(26(31)29-14-28)12-23-16(2)18(4)25(19(5)17(23)3)22-11-10-21(13-24(22)27)30-20-8-6-7-9-20/h10-13,20,30H,6-9H2,1-5H3,(H,29,31). The first-order valence-electron chi connectivity index (χ1n) is 10.8. The van der Waals surface area contributed by atoms with Crippen LogP contribution in [0.15, 0.2) is 23.8 Å². The number of carbonyl (C=O) groups is 1. The van der Waals surface area contributed by atoms with E-state index in [1.165, 1.54) is 12.8 Å². The van der Waals surface area contributed by atoms with E-state index in [-0.39, 0.29) is 5.82 Å². The van der Waals surface area contributed by atoms with Crippen molar-refractivity contribution in [2.45, 2.75) is 66.3 Å². The number of anilines is 1. The number of halogens is 1.